The molecule has 0 bridgehead atoms. The molecule has 0 saturated carbocycles. The van der Waals surface area contributed by atoms with Gasteiger partial charge < -0.3 is 20.5 Å². The third kappa shape index (κ3) is 6.03. The summed E-state index contributed by atoms with van der Waals surface area (Å²) in [6, 6.07) is -0.0353. The van der Waals surface area contributed by atoms with E-state index in [1.165, 1.54) is 11.1 Å². The highest BCUT2D eigenvalue weighted by molar-refractivity contribution is 5.98. The van der Waals surface area contributed by atoms with Crippen molar-refractivity contribution in [3.05, 3.63) is 36.2 Å². The Morgan fingerprint density at radius 1 is 1.21 bits per heavy atom. The number of aldehydes is 1. The third-order valence-corrected chi connectivity index (χ3v) is 5.50. The number of carboxylic acids is 1. The maximum atomic E-state index is 13.3. The smallest absolute Gasteiger partial charge is 0.305 e. The Morgan fingerprint density at radius 3 is 2.62 bits per heavy atom. The molecular weight excluding hydrogens is 446 g/mol. The van der Waals surface area contributed by atoms with Crippen molar-refractivity contribution in [2.75, 3.05) is 6.54 Å². The number of hydrogen-bond donors (Lipinski definition) is 3. The minimum Gasteiger partial charge on any atom is -0.481 e. The van der Waals surface area contributed by atoms with E-state index >= 15 is 0 Å². The molecule has 1 aromatic rings. The van der Waals surface area contributed by atoms with Crippen LogP contribution < -0.4 is 10.6 Å². The van der Waals surface area contributed by atoms with Gasteiger partial charge in [-0.15, -0.1) is 0 Å². The van der Waals surface area contributed by atoms with Crippen molar-refractivity contribution in [3.8, 4) is 0 Å². The van der Waals surface area contributed by atoms with Crippen molar-refractivity contribution < 1.29 is 33.9 Å². The zero-order valence-corrected chi connectivity index (χ0v) is 18.3. The van der Waals surface area contributed by atoms with E-state index in [1.54, 1.807) is 30.6 Å². The van der Waals surface area contributed by atoms with Gasteiger partial charge in [0.15, 0.2) is 0 Å². The molecule has 3 N–H and O–H groups in total. The molecule has 0 unspecified atom stereocenters. The summed E-state index contributed by atoms with van der Waals surface area (Å²) in [5, 5.41) is 16.1. The van der Waals surface area contributed by atoms with E-state index in [4.69, 9.17) is 5.11 Å². The fourth-order valence-electron chi connectivity index (χ4n) is 3.87. The first-order valence-corrected chi connectivity index (χ1v) is 10.8. The number of aromatic nitrogens is 1. The van der Waals surface area contributed by atoms with Gasteiger partial charge in [0, 0.05) is 31.4 Å². The Bertz CT molecular complexity index is 997. The minimum atomic E-state index is -1.27. The summed E-state index contributed by atoms with van der Waals surface area (Å²) < 4.78 is 0. The highest BCUT2D eigenvalue weighted by Crippen LogP contribution is 2.25. The van der Waals surface area contributed by atoms with Gasteiger partial charge in [-0.1, -0.05) is 0 Å². The maximum Gasteiger partial charge on any atom is 0.305 e. The molecule has 0 aromatic carbocycles. The zero-order chi connectivity index (χ0) is 24.7. The van der Waals surface area contributed by atoms with Crippen LogP contribution in [0.3, 0.4) is 0 Å². The van der Waals surface area contributed by atoms with Crippen LogP contribution in [0.5, 0.6) is 0 Å². The fourth-order valence-corrected chi connectivity index (χ4v) is 3.87. The molecule has 0 radical (unpaired) electrons. The summed E-state index contributed by atoms with van der Waals surface area (Å²) in [7, 11) is 0. The molecule has 2 fully saturated rings. The van der Waals surface area contributed by atoms with Crippen LogP contribution in [0.15, 0.2) is 30.6 Å². The van der Waals surface area contributed by atoms with Crippen LogP contribution in [0.1, 0.15) is 37.7 Å². The zero-order valence-electron chi connectivity index (χ0n) is 18.3. The topological polar surface area (TPSA) is 166 Å². The number of nitrogens with one attached hydrogen (secondary N) is 2. The second kappa shape index (κ2) is 11.2. The lowest BCUT2D eigenvalue weighted by molar-refractivity contribution is -0.176. The monoisotopic (exact) mass is 471 g/mol. The van der Waals surface area contributed by atoms with Gasteiger partial charge in [0.1, 0.15) is 18.4 Å². The van der Waals surface area contributed by atoms with Crippen LogP contribution in [0.2, 0.25) is 0 Å². The van der Waals surface area contributed by atoms with E-state index in [-0.39, 0.29) is 31.7 Å². The maximum absolute atomic E-state index is 13.3. The lowest BCUT2D eigenvalue weighted by atomic mass is 10.0. The van der Waals surface area contributed by atoms with Crippen molar-refractivity contribution in [1.29, 1.82) is 0 Å². The largest absolute Gasteiger partial charge is 0.481 e. The summed E-state index contributed by atoms with van der Waals surface area (Å²) >= 11 is 0. The number of nitrogens with zero attached hydrogens (tertiary/aromatic N) is 3. The van der Waals surface area contributed by atoms with Gasteiger partial charge in [-0.25, -0.2) is 5.01 Å². The number of aliphatic carboxylic acids is 1. The molecule has 12 heteroatoms. The lowest BCUT2D eigenvalue weighted by Crippen LogP contribution is -2.64. The lowest BCUT2D eigenvalue weighted by Gasteiger charge is -2.43. The molecule has 1 aromatic heterocycles. The van der Waals surface area contributed by atoms with Gasteiger partial charge in [-0.2, -0.15) is 0 Å². The predicted octanol–water partition coefficient (Wildman–Crippen LogP) is -0.734. The van der Waals surface area contributed by atoms with Crippen molar-refractivity contribution >= 4 is 42.0 Å². The summed E-state index contributed by atoms with van der Waals surface area (Å²) in [6.07, 6.45) is 6.34. The Kier molecular flexibility index (Phi) is 8.06. The molecule has 0 aliphatic carbocycles. The molecule has 3 rings (SSSR count). The molecule has 0 spiro atoms. The number of hydrazine groups is 1. The summed E-state index contributed by atoms with van der Waals surface area (Å²) in [5.41, 5.74) is 0.734. The first kappa shape index (κ1) is 24.6. The number of carboxylic acid groups (broad SMARTS) is 1. The fraction of sp³-hybridized carbons (Fsp3) is 0.409. The molecule has 2 aliphatic rings. The number of pyridine rings is 1. The number of carbonyl (C=O) groups excluding carboxylic acids is 5. The highest BCUT2D eigenvalue weighted by atomic mass is 16.4. The first-order chi connectivity index (χ1) is 16.3. The number of amides is 4. The van der Waals surface area contributed by atoms with Crippen LogP contribution in [-0.2, 0) is 28.8 Å². The molecule has 2 saturated heterocycles. The molecule has 3 atom stereocenters. The molecule has 12 nitrogen and oxygen atoms in total. The van der Waals surface area contributed by atoms with Gasteiger partial charge in [-0.3, -0.25) is 34.0 Å². The molecule has 180 valence electrons. The predicted molar refractivity (Wildman–Crippen MR) is 116 cm³/mol. The number of rotatable bonds is 8. The van der Waals surface area contributed by atoms with Crippen LogP contribution in [0, 0.1) is 0 Å². The number of fused-ring (bicyclic) bond motifs is 1. The van der Waals surface area contributed by atoms with Gasteiger partial charge >= 0.3 is 5.97 Å². The Labute approximate surface area is 195 Å². The Morgan fingerprint density at radius 2 is 1.94 bits per heavy atom. The van der Waals surface area contributed by atoms with E-state index in [1.807, 2.05) is 0 Å². The van der Waals surface area contributed by atoms with Crippen molar-refractivity contribution in [3.63, 3.8) is 0 Å². The van der Waals surface area contributed by atoms with Crippen LogP contribution in [0.25, 0.3) is 6.08 Å². The molecular formula is C22H25N5O7. The summed E-state index contributed by atoms with van der Waals surface area (Å²) in [5.74, 6) is -3.55. The summed E-state index contributed by atoms with van der Waals surface area (Å²) in [6.45, 7) is 0.225. The van der Waals surface area contributed by atoms with Crippen LogP contribution in [-0.4, -0.2) is 80.7 Å². The van der Waals surface area contributed by atoms with Crippen molar-refractivity contribution in [2.45, 2.75) is 50.2 Å². The number of hydrogen-bond acceptors (Lipinski definition) is 7. The first-order valence-electron chi connectivity index (χ1n) is 10.8. The average molecular weight is 471 g/mol. The van der Waals surface area contributed by atoms with Gasteiger partial charge in [0.25, 0.3) is 5.91 Å². The third-order valence-electron chi connectivity index (χ3n) is 5.50. The van der Waals surface area contributed by atoms with E-state index in [0.717, 1.165) is 10.6 Å². The average Bonchev–Trinajstić information content (AvgIpc) is 2.94. The number of carbonyl (C=O) groups is 6. The molecule has 2 aliphatic heterocycles. The van der Waals surface area contributed by atoms with E-state index in [2.05, 4.69) is 15.6 Å². The Balaban J connectivity index is 1.75. The molecule has 3 heterocycles. The van der Waals surface area contributed by atoms with E-state index in [0.29, 0.717) is 12.7 Å². The minimum absolute atomic E-state index is 0.00836. The van der Waals surface area contributed by atoms with Crippen molar-refractivity contribution in [2.24, 2.45) is 0 Å². The van der Waals surface area contributed by atoms with Gasteiger partial charge in [0.05, 0.1) is 12.5 Å². The van der Waals surface area contributed by atoms with E-state index in [9.17, 15) is 28.8 Å². The van der Waals surface area contributed by atoms with Gasteiger partial charge in [0.2, 0.25) is 17.7 Å². The van der Waals surface area contributed by atoms with E-state index < -0.39 is 48.2 Å². The second-order valence-electron chi connectivity index (χ2n) is 7.92. The normalized spacial score (nSPS) is 21.4. The van der Waals surface area contributed by atoms with Crippen LogP contribution >= 0.6 is 0 Å². The van der Waals surface area contributed by atoms with Crippen LogP contribution in [0.4, 0.5) is 0 Å². The highest BCUT2D eigenvalue weighted by Gasteiger charge is 2.44. The standard InChI is InChI=1S/C22H25N5O7/c28-13-15(12-20(31)32)24-21(33)17-2-1-11-26-19(30)6-4-16(22(34)27(17)26)25-18(29)5-3-14-7-9-23-10-8-14/h3,5,7-10,13,15-17H,1-2,4,6,11-12H2,(H,24,33)(H,25,29)(H,31,32)/b5-3+/t15-,16-,17-/m0/s1. The molecule has 34 heavy (non-hydrogen) atoms. The van der Waals surface area contributed by atoms with Gasteiger partial charge in [-0.05, 0) is 43.0 Å². The quantitative estimate of drug-likeness (QED) is 0.329. The second-order valence-corrected chi connectivity index (χ2v) is 7.92. The summed E-state index contributed by atoms with van der Waals surface area (Å²) in [4.78, 5) is 77.2. The Hall–Kier alpha value is -4.09. The SMILES string of the molecule is O=C[C@H](CC(=O)O)NC(=O)[C@@H]1CCCN2C(=O)CC[C@H](NC(=O)/C=C/c3ccncc3)C(=O)N12. The molecule has 4 amide bonds. The van der Waals surface area contributed by atoms with Crippen molar-refractivity contribution in [1.82, 2.24) is 25.6 Å².